The Hall–Kier alpha value is -2.50. The van der Waals surface area contributed by atoms with E-state index < -0.39 is 11.6 Å². The molecule has 3 aromatic rings. The van der Waals surface area contributed by atoms with Crippen molar-refractivity contribution in [2.45, 2.75) is 25.8 Å². The van der Waals surface area contributed by atoms with Gasteiger partial charge in [-0.1, -0.05) is 6.07 Å². The van der Waals surface area contributed by atoms with E-state index in [1.165, 1.54) is 12.1 Å². The van der Waals surface area contributed by atoms with Crippen LogP contribution in [0.4, 0.5) is 14.5 Å². The Morgan fingerprint density at radius 2 is 2.10 bits per heavy atom. The van der Waals surface area contributed by atoms with E-state index in [0.29, 0.717) is 31.7 Å². The lowest BCUT2D eigenvalue weighted by atomic mass is 10.2. The van der Waals surface area contributed by atoms with Crippen LogP contribution in [-0.2, 0) is 6.42 Å². The predicted molar refractivity (Wildman–Crippen MR) is 128 cm³/mol. The number of aliphatic imine (C=N–C) groups is 1. The van der Waals surface area contributed by atoms with Gasteiger partial charge in [-0.2, -0.15) is 0 Å². The molecule has 10 heteroatoms. The Labute approximate surface area is 197 Å². The molecule has 31 heavy (non-hydrogen) atoms. The number of pyridine rings is 1. The number of anilines is 1. The Kier molecular flexibility index (Phi) is 7.99. The van der Waals surface area contributed by atoms with Gasteiger partial charge in [-0.15, -0.1) is 34.2 Å². The van der Waals surface area contributed by atoms with Crippen molar-refractivity contribution >= 4 is 41.3 Å². The molecule has 1 saturated heterocycles. The van der Waals surface area contributed by atoms with Crippen LogP contribution in [0, 0.1) is 11.6 Å². The number of nitrogens with zero attached hydrogens (tertiary/aromatic N) is 5. The monoisotopic (exact) mass is 541 g/mol. The summed E-state index contributed by atoms with van der Waals surface area (Å²) in [5.41, 5.74) is 1.25. The third-order valence-corrected chi connectivity index (χ3v) is 5.11. The van der Waals surface area contributed by atoms with Crippen molar-refractivity contribution in [2.24, 2.45) is 4.99 Å². The highest BCUT2D eigenvalue weighted by Gasteiger charge is 2.25. The summed E-state index contributed by atoms with van der Waals surface area (Å²) in [5.74, 6) is 0.491. The highest BCUT2D eigenvalue weighted by Crippen LogP contribution is 2.24. The number of benzene rings is 1. The van der Waals surface area contributed by atoms with Gasteiger partial charge < -0.3 is 15.5 Å². The van der Waals surface area contributed by atoms with E-state index in [9.17, 15) is 8.78 Å². The Bertz CT molecular complexity index is 1040. The van der Waals surface area contributed by atoms with Crippen LogP contribution in [0.15, 0.2) is 47.6 Å². The Morgan fingerprint density at radius 3 is 2.90 bits per heavy atom. The molecule has 0 bridgehead atoms. The lowest BCUT2D eigenvalue weighted by Gasteiger charge is -2.21. The average Bonchev–Trinajstić information content (AvgIpc) is 3.35. The zero-order valence-corrected chi connectivity index (χ0v) is 19.6. The first kappa shape index (κ1) is 23.2. The van der Waals surface area contributed by atoms with Gasteiger partial charge in [0.2, 0.25) is 0 Å². The zero-order chi connectivity index (χ0) is 20.9. The quantitative estimate of drug-likeness (QED) is 0.286. The van der Waals surface area contributed by atoms with Crippen LogP contribution in [0.2, 0.25) is 0 Å². The lowest BCUT2D eigenvalue weighted by molar-refractivity contribution is 0.580. The molecule has 0 spiro atoms. The molecular formula is C21H26F2IN7. The first-order chi connectivity index (χ1) is 14.6. The minimum absolute atomic E-state index is 0. The maximum absolute atomic E-state index is 14.1. The third-order valence-electron chi connectivity index (χ3n) is 5.11. The van der Waals surface area contributed by atoms with Crippen LogP contribution >= 0.6 is 24.0 Å². The molecule has 4 rings (SSSR count). The van der Waals surface area contributed by atoms with Gasteiger partial charge in [0.15, 0.2) is 11.6 Å². The molecule has 2 aromatic heterocycles. The molecule has 1 fully saturated rings. The molecule has 1 aromatic carbocycles. The maximum atomic E-state index is 14.1. The molecule has 166 valence electrons. The molecule has 1 aliphatic heterocycles. The van der Waals surface area contributed by atoms with E-state index in [1.54, 1.807) is 0 Å². The molecule has 0 aliphatic carbocycles. The number of hydrogen-bond acceptors (Lipinski definition) is 4. The van der Waals surface area contributed by atoms with Gasteiger partial charge in [-0.25, -0.2) is 8.78 Å². The topological polar surface area (TPSA) is 69.8 Å². The van der Waals surface area contributed by atoms with Crippen molar-refractivity contribution in [3.63, 3.8) is 0 Å². The van der Waals surface area contributed by atoms with Gasteiger partial charge in [0, 0.05) is 50.9 Å². The minimum Gasteiger partial charge on any atom is -0.367 e. The van der Waals surface area contributed by atoms with Crippen molar-refractivity contribution in [2.75, 3.05) is 31.1 Å². The van der Waals surface area contributed by atoms with Gasteiger partial charge in [-0.05, 0) is 37.6 Å². The van der Waals surface area contributed by atoms with Crippen molar-refractivity contribution in [3.05, 3.63) is 60.1 Å². The van der Waals surface area contributed by atoms with Crippen molar-refractivity contribution in [1.82, 2.24) is 25.2 Å². The Balaban J connectivity index is 0.00000272. The largest absolute Gasteiger partial charge is 0.367 e. The standard InChI is InChI=1S/C21H25F2N7.HI/c1-2-24-21(25-10-8-20-28-27-19-5-3-4-11-30(19)20)26-16-9-12-29(14-16)18-7-6-15(22)13-17(18)23;/h3-7,11,13,16H,2,8-10,12,14H2,1H3,(H2,24,25,26);1H. The third kappa shape index (κ3) is 5.60. The molecule has 0 amide bonds. The number of fused-ring (bicyclic) bond motifs is 1. The normalized spacial score (nSPS) is 16.4. The first-order valence-corrected chi connectivity index (χ1v) is 10.2. The second kappa shape index (κ2) is 10.7. The second-order valence-corrected chi connectivity index (χ2v) is 7.23. The Morgan fingerprint density at radius 1 is 1.23 bits per heavy atom. The summed E-state index contributed by atoms with van der Waals surface area (Å²) in [5, 5.41) is 15.1. The van der Waals surface area contributed by atoms with Crippen LogP contribution in [0.3, 0.4) is 0 Å². The maximum Gasteiger partial charge on any atom is 0.191 e. The fourth-order valence-corrected chi connectivity index (χ4v) is 3.68. The summed E-state index contributed by atoms with van der Waals surface area (Å²) in [4.78, 5) is 6.59. The van der Waals surface area contributed by atoms with Crippen LogP contribution in [0.1, 0.15) is 19.2 Å². The number of guanidine groups is 1. The van der Waals surface area contributed by atoms with Gasteiger partial charge in [0.1, 0.15) is 17.5 Å². The molecule has 0 saturated carbocycles. The fourth-order valence-electron chi connectivity index (χ4n) is 3.68. The number of hydrogen-bond donors (Lipinski definition) is 2. The number of aromatic nitrogens is 3. The molecule has 1 aliphatic rings. The molecule has 7 nitrogen and oxygen atoms in total. The van der Waals surface area contributed by atoms with Gasteiger partial charge in [0.05, 0.1) is 5.69 Å². The smallest absolute Gasteiger partial charge is 0.191 e. The van der Waals surface area contributed by atoms with Gasteiger partial charge in [0.25, 0.3) is 0 Å². The van der Waals surface area contributed by atoms with E-state index >= 15 is 0 Å². The summed E-state index contributed by atoms with van der Waals surface area (Å²) in [7, 11) is 0. The average molecular weight is 541 g/mol. The number of halogens is 3. The summed E-state index contributed by atoms with van der Waals surface area (Å²) in [6, 6.07) is 9.64. The SMILES string of the molecule is CCNC(=NCCc1nnc2ccccn12)NC1CCN(c2ccc(F)cc2F)C1.I. The van der Waals surface area contributed by atoms with E-state index in [2.05, 4.69) is 25.8 Å². The summed E-state index contributed by atoms with van der Waals surface area (Å²) in [6.07, 6.45) is 3.45. The van der Waals surface area contributed by atoms with Crippen molar-refractivity contribution in [1.29, 1.82) is 0 Å². The summed E-state index contributed by atoms with van der Waals surface area (Å²) in [6.45, 7) is 4.64. The van der Waals surface area contributed by atoms with Crippen LogP contribution in [-0.4, -0.2) is 52.8 Å². The molecule has 2 N–H and O–H groups in total. The molecule has 1 atom stereocenters. The molecular weight excluding hydrogens is 515 g/mol. The van der Waals surface area contributed by atoms with Crippen molar-refractivity contribution < 1.29 is 8.78 Å². The fraction of sp³-hybridized carbons (Fsp3) is 0.381. The lowest BCUT2D eigenvalue weighted by Crippen LogP contribution is -2.44. The predicted octanol–water partition coefficient (Wildman–Crippen LogP) is 3.00. The van der Waals surface area contributed by atoms with E-state index in [0.717, 1.165) is 36.5 Å². The van der Waals surface area contributed by atoms with Crippen LogP contribution in [0.25, 0.3) is 5.65 Å². The number of rotatable bonds is 6. The zero-order valence-electron chi connectivity index (χ0n) is 17.3. The van der Waals surface area contributed by atoms with Crippen LogP contribution in [0.5, 0.6) is 0 Å². The van der Waals surface area contributed by atoms with Crippen LogP contribution < -0.4 is 15.5 Å². The number of nitrogens with one attached hydrogen (secondary N) is 2. The highest BCUT2D eigenvalue weighted by molar-refractivity contribution is 14.0. The highest BCUT2D eigenvalue weighted by atomic mass is 127. The molecule has 0 radical (unpaired) electrons. The van der Waals surface area contributed by atoms with E-state index in [4.69, 9.17) is 0 Å². The first-order valence-electron chi connectivity index (χ1n) is 10.2. The second-order valence-electron chi connectivity index (χ2n) is 7.23. The summed E-state index contributed by atoms with van der Waals surface area (Å²) >= 11 is 0. The van der Waals surface area contributed by atoms with Gasteiger partial charge in [-0.3, -0.25) is 9.39 Å². The van der Waals surface area contributed by atoms with Crippen molar-refractivity contribution in [3.8, 4) is 0 Å². The van der Waals surface area contributed by atoms with E-state index in [1.807, 2.05) is 40.6 Å². The summed E-state index contributed by atoms with van der Waals surface area (Å²) < 4.78 is 29.2. The van der Waals surface area contributed by atoms with E-state index in [-0.39, 0.29) is 30.0 Å². The van der Waals surface area contributed by atoms with Gasteiger partial charge >= 0.3 is 0 Å². The molecule has 1 unspecified atom stereocenters. The molecule has 3 heterocycles. The minimum atomic E-state index is -0.563.